The van der Waals surface area contributed by atoms with Crippen LogP contribution in [-0.4, -0.2) is 55.8 Å². The van der Waals surface area contributed by atoms with Gasteiger partial charge in [-0.25, -0.2) is 4.98 Å². The molecule has 2 rings (SSSR count). The fourth-order valence-electron chi connectivity index (χ4n) is 2.19. The second kappa shape index (κ2) is 5.80. The van der Waals surface area contributed by atoms with Crippen LogP contribution in [0.5, 0.6) is 0 Å². The lowest BCUT2D eigenvalue weighted by atomic mass is 10.2. The highest BCUT2D eigenvalue weighted by molar-refractivity contribution is 7.13. The van der Waals surface area contributed by atoms with Crippen molar-refractivity contribution in [1.82, 2.24) is 9.88 Å². The molecular formula is C12H21N3OS. The van der Waals surface area contributed by atoms with Crippen LogP contribution in [0.2, 0.25) is 0 Å². The Morgan fingerprint density at radius 3 is 2.65 bits per heavy atom. The van der Waals surface area contributed by atoms with Crippen molar-refractivity contribution < 1.29 is 4.74 Å². The fraction of sp³-hybridized carbons (Fsp3) is 0.750. The van der Waals surface area contributed by atoms with E-state index in [0.717, 1.165) is 38.5 Å². The maximum Gasteiger partial charge on any atom is 0.185 e. The Kier molecular flexibility index (Phi) is 4.36. The third kappa shape index (κ3) is 3.18. The van der Waals surface area contributed by atoms with Crippen LogP contribution in [0.3, 0.4) is 0 Å². The quantitative estimate of drug-likeness (QED) is 0.817. The summed E-state index contributed by atoms with van der Waals surface area (Å²) in [5, 5.41) is 3.29. The zero-order chi connectivity index (χ0) is 12.3. The molecule has 1 fully saturated rings. The van der Waals surface area contributed by atoms with E-state index in [9.17, 15) is 0 Å². The number of ether oxygens (including phenoxy) is 1. The molecule has 96 valence electrons. The van der Waals surface area contributed by atoms with Crippen LogP contribution in [0.15, 0.2) is 5.38 Å². The van der Waals surface area contributed by atoms with Gasteiger partial charge in [-0.15, -0.1) is 11.3 Å². The number of thiazole rings is 1. The average molecular weight is 255 g/mol. The van der Waals surface area contributed by atoms with Crippen molar-refractivity contribution in [2.75, 3.05) is 44.8 Å². The van der Waals surface area contributed by atoms with Gasteiger partial charge in [0.25, 0.3) is 0 Å². The Bertz CT molecular complexity index is 347. The van der Waals surface area contributed by atoms with Crippen molar-refractivity contribution in [2.45, 2.75) is 19.9 Å². The van der Waals surface area contributed by atoms with Crippen LogP contribution in [0.25, 0.3) is 0 Å². The summed E-state index contributed by atoms with van der Waals surface area (Å²) >= 11 is 1.75. The van der Waals surface area contributed by atoms with Gasteiger partial charge in [0, 0.05) is 44.7 Å². The molecule has 0 bridgehead atoms. The minimum Gasteiger partial charge on any atom is -0.383 e. The molecule has 1 unspecified atom stereocenters. The number of nitrogens with zero attached hydrogens (tertiary/aromatic N) is 3. The molecule has 4 nitrogen and oxygen atoms in total. The summed E-state index contributed by atoms with van der Waals surface area (Å²) in [5.74, 6) is 0. The lowest BCUT2D eigenvalue weighted by Crippen LogP contribution is -2.50. The van der Waals surface area contributed by atoms with Crippen molar-refractivity contribution in [1.29, 1.82) is 0 Å². The predicted octanol–water partition coefficient (Wildman–Crippen LogP) is 1.61. The van der Waals surface area contributed by atoms with E-state index >= 15 is 0 Å². The maximum atomic E-state index is 5.21. The Hall–Kier alpha value is -0.650. The third-order valence-corrected chi connectivity index (χ3v) is 4.24. The molecule has 0 aromatic carbocycles. The van der Waals surface area contributed by atoms with Gasteiger partial charge in [-0.1, -0.05) is 0 Å². The van der Waals surface area contributed by atoms with Crippen LogP contribution in [0.4, 0.5) is 5.13 Å². The van der Waals surface area contributed by atoms with Crippen LogP contribution in [0, 0.1) is 6.92 Å². The van der Waals surface area contributed by atoms with Gasteiger partial charge in [0.1, 0.15) is 0 Å². The Labute approximate surface area is 107 Å². The number of methoxy groups -OCH3 is 1. The smallest absolute Gasteiger partial charge is 0.185 e. The number of aromatic nitrogens is 1. The molecule has 1 saturated heterocycles. The molecule has 0 radical (unpaired) electrons. The molecule has 17 heavy (non-hydrogen) atoms. The fourth-order valence-corrected chi connectivity index (χ4v) is 3.04. The molecule has 0 spiro atoms. The van der Waals surface area contributed by atoms with Crippen molar-refractivity contribution >= 4 is 16.5 Å². The highest BCUT2D eigenvalue weighted by Crippen LogP contribution is 2.21. The van der Waals surface area contributed by atoms with E-state index in [1.807, 2.05) is 0 Å². The third-order valence-electron chi connectivity index (χ3n) is 3.22. The topological polar surface area (TPSA) is 28.6 Å². The summed E-state index contributed by atoms with van der Waals surface area (Å²) in [6.45, 7) is 9.44. The standard InChI is InChI=1S/C12H21N3OS/c1-10-9-17-12(13-10)15-6-4-14(5-7-15)11(2)8-16-3/h9,11H,4-8H2,1-3H3. The molecule has 1 aromatic rings. The number of anilines is 1. The minimum absolute atomic E-state index is 0.514. The molecule has 0 amide bonds. The zero-order valence-corrected chi connectivity index (χ0v) is 11.7. The van der Waals surface area contributed by atoms with Gasteiger partial charge in [0.15, 0.2) is 5.13 Å². The van der Waals surface area contributed by atoms with E-state index in [0.29, 0.717) is 6.04 Å². The van der Waals surface area contributed by atoms with Gasteiger partial charge in [-0.05, 0) is 13.8 Å². The number of hydrogen-bond donors (Lipinski definition) is 0. The molecule has 2 heterocycles. The largest absolute Gasteiger partial charge is 0.383 e. The molecular weight excluding hydrogens is 234 g/mol. The van der Waals surface area contributed by atoms with Crippen LogP contribution < -0.4 is 4.90 Å². The zero-order valence-electron chi connectivity index (χ0n) is 10.8. The van der Waals surface area contributed by atoms with E-state index in [-0.39, 0.29) is 0 Å². The summed E-state index contributed by atoms with van der Waals surface area (Å²) in [7, 11) is 1.77. The molecule has 5 heteroatoms. The lowest BCUT2D eigenvalue weighted by molar-refractivity contribution is 0.0953. The molecule has 0 N–H and O–H groups in total. The first-order chi connectivity index (χ1) is 8.20. The Balaban J connectivity index is 1.85. The van der Waals surface area contributed by atoms with Crippen molar-refractivity contribution in [3.8, 4) is 0 Å². The van der Waals surface area contributed by atoms with Crippen molar-refractivity contribution in [3.63, 3.8) is 0 Å². The van der Waals surface area contributed by atoms with Crippen LogP contribution in [0.1, 0.15) is 12.6 Å². The summed E-state index contributed by atoms with van der Waals surface area (Å²) in [5.41, 5.74) is 1.13. The van der Waals surface area contributed by atoms with Gasteiger partial charge in [0.05, 0.1) is 12.3 Å². The maximum absolute atomic E-state index is 5.21. The molecule has 0 saturated carbocycles. The molecule has 1 aliphatic rings. The normalized spacial score (nSPS) is 19.6. The lowest BCUT2D eigenvalue weighted by Gasteiger charge is -2.37. The highest BCUT2D eigenvalue weighted by Gasteiger charge is 2.22. The second-order valence-corrected chi connectivity index (χ2v) is 5.44. The summed E-state index contributed by atoms with van der Waals surface area (Å²) in [6, 6.07) is 0.514. The highest BCUT2D eigenvalue weighted by atomic mass is 32.1. The van der Waals surface area contributed by atoms with Gasteiger partial charge < -0.3 is 9.64 Å². The number of piperazine rings is 1. The van der Waals surface area contributed by atoms with Gasteiger partial charge in [-0.3, -0.25) is 4.90 Å². The van der Waals surface area contributed by atoms with E-state index in [4.69, 9.17) is 4.74 Å². The summed E-state index contributed by atoms with van der Waals surface area (Å²) in [4.78, 5) is 9.41. The SMILES string of the molecule is COCC(C)N1CCN(c2nc(C)cs2)CC1. The Morgan fingerprint density at radius 2 is 2.12 bits per heavy atom. The summed E-state index contributed by atoms with van der Waals surface area (Å²) < 4.78 is 5.21. The Morgan fingerprint density at radius 1 is 1.41 bits per heavy atom. The number of rotatable bonds is 4. The van der Waals surface area contributed by atoms with E-state index in [1.165, 1.54) is 5.13 Å². The first kappa shape index (κ1) is 12.8. The minimum atomic E-state index is 0.514. The average Bonchev–Trinajstić information content (AvgIpc) is 2.76. The van der Waals surface area contributed by atoms with E-state index < -0.39 is 0 Å². The molecule has 1 aromatic heterocycles. The predicted molar refractivity (Wildman–Crippen MR) is 72.0 cm³/mol. The van der Waals surface area contributed by atoms with Crippen LogP contribution >= 0.6 is 11.3 Å². The molecule has 1 aliphatic heterocycles. The van der Waals surface area contributed by atoms with E-state index in [2.05, 4.69) is 34.0 Å². The van der Waals surface area contributed by atoms with Gasteiger partial charge in [-0.2, -0.15) is 0 Å². The van der Waals surface area contributed by atoms with Crippen molar-refractivity contribution in [2.24, 2.45) is 0 Å². The van der Waals surface area contributed by atoms with E-state index in [1.54, 1.807) is 18.4 Å². The monoisotopic (exact) mass is 255 g/mol. The van der Waals surface area contributed by atoms with Gasteiger partial charge >= 0.3 is 0 Å². The summed E-state index contributed by atoms with van der Waals surface area (Å²) in [6.07, 6.45) is 0. The second-order valence-electron chi connectivity index (χ2n) is 4.60. The molecule has 0 aliphatic carbocycles. The first-order valence-electron chi connectivity index (χ1n) is 6.10. The van der Waals surface area contributed by atoms with Crippen molar-refractivity contribution in [3.05, 3.63) is 11.1 Å². The molecule has 1 atom stereocenters. The number of aryl methyl sites for hydroxylation is 1. The first-order valence-corrected chi connectivity index (χ1v) is 6.98. The van der Waals surface area contributed by atoms with Crippen LogP contribution in [-0.2, 0) is 4.74 Å². The van der Waals surface area contributed by atoms with Gasteiger partial charge in [0.2, 0.25) is 0 Å². The number of hydrogen-bond acceptors (Lipinski definition) is 5.